The number of ether oxygens (including phenoxy) is 1. The first-order valence-electron chi connectivity index (χ1n) is 9.96. The molecule has 2 aromatic carbocycles. The molecule has 1 aliphatic heterocycles. The second-order valence-electron chi connectivity index (χ2n) is 7.69. The van der Waals surface area contributed by atoms with Crippen molar-refractivity contribution in [3.8, 4) is 5.75 Å². The van der Waals surface area contributed by atoms with Crippen LogP contribution in [-0.4, -0.2) is 36.6 Å². The third-order valence-corrected chi connectivity index (χ3v) is 5.51. The number of pyridine rings is 1. The molecule has 0 aliphatic carbocycles. The van der Waals surface area contributed by atoms with Crippen LogP contribution in [0.1, 0.15) is 18.4 Å². The summed E-state index contributed by atoms with van der Waals surface area (Å²) in [5.41, 5.74) is 8.04. The highest BCUT2D eigenvalue weighted by Gasteiger charge is 2.17. The second kappa shape index (κ2) is 8.48. The molecule has 1 aliphatic rings. The number of hydrogen-bond donors (Lipinski definition) is 2. The molecule has 0 atom stereocenters. The van der Waals surface area contributed by atoms with E-state index in [1.54, 1.807) is 6.20 Å². The predicted molar refractivity (Wildman–Crippen MR) is 116 cm³/mol. The van der Waals surface area contributed by atoms with E-state index in [2.05, 4.69) is 46.5 Å². The number of benzene rings is 2. The number of likely N-dealkylation sites (tertiary alicyclic amines) is 1. The maximum absolute atomic E-state index is 6.02. The minimum atomic E-state index is 0.649. The summed E-state index contributed by atoms with van der Waals surface area (Å²) in [4.78, 5) is 6.86. The molecular formula is C23H28N4O. The summed E-state index contributed by atoms with van der Waals surface area (Å²) in [6.45, 7) is 3.82. The van der Waals surface area contributed by atoms with E-state index in [-0.39, 0.29) is 0 Å². The van der Waals surface area contributed by atoms with E-state index in [1.165, 1.54) is 18.4 Å². The average Bonchev–Trinajstić information content (AvgIpc) is 2.73. The standard InChI is InChI=1S/C23H28N4O/c1-27-11-9-17(10-12-27)16-28-20-6-8-23(26-15-20)25-14-18-5-7-21-19(13-18)3-2-4-22(21)24/h2-8,13,15,17H,9-12,14,16,24H2,1H3,(H,25,26). The van der Waals surface area contributed by atoms with Crippen molar-refractivity contribution in [2.24, 2.45) is 5.92 Å². The van der Waals surface area contributed by atoms with Crippen LogP contribution in [0.5, 0.6) is 5.75 Å². The first-order chi connectivity index (χ1) is 13.7. The van der Waals surface area contributed by atoms with E-state index in [9.17, 15) is 0 Å². The Hall–Kier alpha value is -2.79. The fraction of sp³-hybridized carbons (Fsp3) is 0.348. The lowest BCUT2D eigenvalue weighted by molar-refractivity contribution is 0.160. The van der Waals surface area contributed by atoms with Crippen LogP contribution >= 0.6 is 0 Å². The lowest BCUT2D eigenvalue weighted by atomic mass is 9.98. The zero-order chi connectivity index (χ0) is 19.3. The monoisotopic (exact) mass is 376 g/mol. The van der Waals surface area contributed by atoms with Gasteiger partial charge in [0, 0.05) is 17.6 Å². The van der Waals surface area contributed by atoms with Gasteiger partial charge >= 0.3 is 0 Å². The lowest BCUT2D eigenvalue weighted by Gasteiger charge is -2.28. The van der Waals surface area contributed by atoms with E-state index in [0.29, 0.717) is 12.5 Å². The van der Waals surface area contributed by atoms with E-state index in [4.69, 9.17) is 10.5 Å². The maximum Gasteiger partial charge on any atom is 0.137 e. The van der Waals surface area contributed by atoms with Gasteiger partial charge in [-0.25, -0.2) is 4.98 Å². The van der Waals surface area contributed by atoms with Crippen LogP contribution in [-0.2, 0) is 6.54 Å². The number of nitrogen functional groups attached to an aromatic ring is 1. The van der Waals surface area contributed by atoms with Gasteiger partial charge in [0.2, 0.25) is 0 Å². The molecule has 0 unspecified atom stereocenters. The fourth-order valence-corrected chi connectivity index (χ4v) is 3.67. The van der Waals surface area contributed by atoms with E-state index in [0.717, 1.165) is 47.7 Å². The molecule has 146 valence electrons. The van der Waals surface area contributed by atoms with Crippen molar-refractivity contribution < 1.29 is 4.74 Å². The number of rotatable bonds is 6. The summed E-state index contributed by atoms with van der Waals surface area (Å²) >= 11 is 0. The summed E-state index contributed by atoms with van der Waals surface area (Å²) in [6, 6.07) is 16.3. The highest BCUT2D eigenvalue weighted by molar-refractivity contribution is 5.93. The summed E-state index contributed by atoms with van der Waals surface area (Å²) < 4.78 is 5.94. The molecule has 1 saturated heterocycles. The van der Waals surface area contributed by atoms with Crippen molar-refractivity contribution in [1.29, 1.82) is 0 Å². The number of piperidine rings is 1. The predicted octanol–water partition coefficient (Wildman–Crippen LogP) is 4.15. The van der Waals surface area contributed by atoms with Gasteiger partial charge in [0.15, 0.2) is 0 Å². The molecule has 28 heavy (non-hydrogen) atoms. The van der Waals surface area contributed by atoms with Gasteiger partial charge in [-0.05, 0) is 74.1 Å². The van der Waals surface area contributed by atoms with Crippen LogP contribution in [0.4, 0.5) is 11.5 Å². The zero-order valence-corrected chi connectivity index (χ0v) is 16.4. The van der Waals surface area contributed by atoms with Crippen LogP contribution in [0.2, 0.25) is 0 Å². The Morgan fingerprint density at radius 3 is 2.79 bits per heavy atom. The largest absolute Gasteiger partial charge is 0.492 e. The minimum Gasteiger partial charge on any atom is -0.492 e. The molecule has 1 fully saturated rings. The number of nitrogens with two attached hydrogens (primary N) is 1. The van der Waals surface area contributed by atoms with Gasteiger partial charge in [0.05, 0.1) is 12.8 Å². The maximum atomic E-state index is 6.02. The van der Waals surface area contributed by atoms with Crippen molar-refractivity contribution in [3.05, 3.63) is 60.3 Å². The van der Waals surface area contributed by atoms with E-state index < -0.39 is 0 Å². The molecular weight excluding hydrogens is 348 g/mol. The third-order valence-electron chi connectivity index (χ3n) is 5.51. The number of anilines is 2. The molecule has 3 aromatic rings. The molecule has 1 aromatic heterocycles. The Morgan fingerprint density at radius 2 is 2.00 bits per heavy atom. The quantitative estimate of drug-likeness (QED) is 0.633. The van der Waals surface area contributed by atoms with Crippen molar-refractivity contribution >= 4 is 22.3 Å². The minimum absolute atomic E-state index is 0.649. The van der Waals surface area contributed by atoms with Crippen LogP contribution in [0, 0.1) is 5.92 Å². The van der Waals surface area contributed by atoms with Crippen LogP contribution in [0.15, 0.2) is 54.7 Å². The summed E-state index contributed by atoms with van der Waals surface area (Å²) in [6.07, 6.45) is 4.22. The Balaban J connectivity index is 1.30. The molecule has 4 rings (SSSR count). The van der Waals surface area contributed by atoms with E-state index >= 15 is 0 Å². The average molecular weight is 377 g/mol. The highest BCUT2D eigenvalue weighted by Crippen LogP contribution is 2.23. The molecule has 3 N–H and O–H groups in total. The molecule has 0 radical (unpaired) electrons. The third kappa shape index (κ3) is 4.54. The molecule has 5 heteroatoms. The van der Waals surface area contributed by atoms with Gasteiger partial charge in [-0.1, -0.05) is 24.3 Å². The molecule has 0 amide bonds. The first-order valence-corrected chi connectivity index (χ1v) is 9.96. The van der Waals surface area contributed by atoms with Crippen LogP contribution in [0.3, 0.4) is 0 Å². The second-order valence-corrected chi connectivity index (χ2v) is 7.69. The number of hydrogen-bond acceptors (Lipinski definition) is 5. The van der Waals surface area contributed by atoms with Crippen molar-refractivity contribution in [1.82, 2.24) is 9.88 Å². The zero-order valence-electron chi connectivity index (χ0n) is 16.4. The summed E-state index contributed by atoms with van der Waals surface area (Å²) in [7, 11) is 2.18. The van der Waals surface area contributed by atoms with Gasteiger partial charge in [0.1, 0.15) is 11.6 Å². The normalized spacial score (nSPS) is 15.6. The summed E-state index contributed by atoms with van der Waals surface area (Å²) in [5.74, 6) is 2.33. The van der Waals surface area contributed by atoms with E-state index in [1.807, 2.05) is 24.3 Å². The fourth-order valence-electron chi connectivity index (χ4n) is 3.67. The molecule has 2 heterocycles. The number of fused-ring (bicyclic) bond motifs is 1. The Labute approximate surface area is 166 Å². The SMILES string of the molecule is CN1CCC(COc2ccc(NCc3ccc4c(N)cccc4c3)nc2)CC1. The Morgan fingerprint density at radius 1 is 1.14 bits per heavy atom. The molecule has 5 nitrogen and oxygen atoms in total. The van der Waals surface area contributed by atoms with Crippen molar-refractivity contribution in [2.45, 2.75) is 19.4 Å². The van der Waals surface area contributed by atoms with Gasteiger partial charge < -0.3 is 20.7 Å². The summed E-state index contributed by atoms with van der Waals surface area (Å²) in [5, 5.41) is 5.62. The number of nitrogens with one attached hydrogen (secondary N) is 1. The smallest absolute Gasteiger partial charge is 0.137 e. The van der Waals surface area contributed by atoms with Crippen molar-refractivity contribution in [3.63, 3.8) is 0 Å². The number of aromatic nitrogens is 1. The first kappa shape index (κ1) is 18.6. The Bertz CT molecular complexity index is 918. The van der Waals surface area contributed by atoms with Gasteiger partial charge in [0.25, 0.3) is 0 Å². The van der Waals surface area contributed by atoms with Gasteiger partial charge in [-0.2, -0.15) is 0 Å². The topological polar surface area (TPSA) is 63.4 Å². The van der Waals surface area contributed by atoms with Crippen LogP contribution < -0.4 is 15.8 Å². The molecule has 0 saturated carbocycles. The lowest BCUT2D eigenvalue weighted by Crippen LogP contribution is -2.32. The van der Waals surface area contributed by atoms with Crippen molar-refractivity contribution in [2.75, 3.05) is 37.8 Å². The van der Waals surface area contributed by atoms with Gasteiger partial charge in [-0.15, -0.1) is 0 Å². The van der Waals surface area contributed by atoms with Gasteiger partial charge in [-0.3, -0.25) is 0 Å². The number of nitrogens with zero attached hydrogens (tertiary/aromatic N) is 2. The Kier molecular flexibility index (Phi) is 5.63. The van der Waals surface area contributed by atoms with Crippen LogP contribution in [0.25, 0.3) is 10.8 Å². The highest BCUT2D eigenvalue weighted by atomic mass is 16.5. The molecule has 0 bridgehead atoms. The molecule has 0 spiro atoms.